The maximum Gasteiger partial charge on any atom is 0.335 e. The van der Waals surface area contributed by atoms with Crippen molar-refractivity contribution >= 4 is 51.5 Å². The number of para-hydroxylation sites is 1. The molecule has 0 saturated carbocycles. The summed E-state index contributed by atoms with van der Waals surface area (Å²) < 4.78 is 30.4. The van der Waals surface area contributed by atoms with Crippen LogP contribution in [0.15, 0.2) is 66.7 Å². The first kappa shape index (κ1) is 28.4. The fraction of sp³-hybridized carbons (Fsp3) is 0.156. The number of nitrogens with one attached hydrogen (secondary N) is 1. The zero-order valence-corrected chi connectivity index (χ0v) is 23.3. The number of urea groups is 1. The molecule has 10 heteroatoms. The van der Waals surface area contributed by atoms with Crippen molar-refractivity contribution in [2.75, 3.05) is 16.8 Å². The van der Waals surface area contributed by atoms with Gasteiger partial charge in [-0.2, -0.15) is 0 Å². The molecule has 5 rings (SSSR count). The fourth-order valence-electron chi connectivity index (χ4n) is 5.24. The minimum absolute atomic E-state index is 0.0258. The molecule has 5 aromatic rings. The highest BCUT2D eigenvalue weighted by Gasteiger charge is 2.27. The van der Waals surface area contributed by atoms with E-state index in [4.69, 9.17) is 5.73 Å². The number of H-pyrrole nitrogens is 1. The number of aliphatic hydroxyl groups is 1. The summed E-state index contributed by atoms with van der Waals surface area (Å²) in [6.07, 6.45) is 0.317. The van der Waals surface area contributed by atoms with E-state index in [1.54, 1.807) is 57.2 Å². The summed E-state index contributed by atoms with van der Waals surface area (Å²) in [7, 11) is 1.34. The number of nitrogens with two attached hydrogens (primary N) is 1. The third-order valence-corrected chi connectivity index (χ3v) is 7.45. The highest BCUT2D eigenvalue weighted by atomic mass is 19.1. The molecule has 0 unspecified atom stereocenters. The average Bonchev–Trinajstić information content (AvgIpc) is 3.32. The van der Waals surface area contributed by atoms with Gasteiger partial charge in [0.15, 0.2) is 0 Å². The Bertz CT molecular complexity index is 1910. The normalized spacial score (nSPS) is 11.6. The van der Waals surface area contributed by atoms with Crippen molar-refractivity contribution in [2.45, 2.75) is 26.4 Å². The van der Waals surface area contributed by atoms with Crippen LogP contribution in [0.1, 0.15) is 35.3 Å². The standard InChI is InChI=1S/C32H28F2N4O4/c1-17-19(8-7-11-25(17)38(16-39)31(41)37(4)26-10-6-5-9-22(26)33)27-23(34)15-21(30(35)40)29-28(27)20-13-12-18(32(2,3)42)14-24(20)36-29/h5-16,36,42H,1-4H3,(H2,35,40). The Balaban J connectivity index is 1.73. The molecular formula is C32H28F2N4O4. The molecule has 0 aliphatic carbocycles. The van der Waals surface area contributed by atoms with Crippen LogP contribution in [0.2, 0.25) is 0 Å². The van der Waals surface area contributed by atoms with Crippen molar-refractivity contribution in [3.8, 4) is 11.1 Å². The molecule has 0 spiro atoms. The van der Waals surface area contributed by atoms with Crippen molar-refractivity contribution in [3.05, 3.63) is 95.1 Å². The molecule has 0 atom stereocenters. The lowest BCUT2D eigenvalue weighted by molar-refractivity contribution is -0.106. The Morgan fingerprint density at radius 1 is 0.976 bits per heavy atom. The van der Waals surface area contributed by atoms with Gasteiger partial charge in [-0.15, -0.1) is 0 Å². The van der Waals surface area contributed by atoms with Crippen LogP contribution in [0.5, 0.6) is 0 Å². The molecule has 0 bridgehead atoms. The van der Waals surface area contributed by atoms with Crippen LogP contribution in [0.4, 0.5) is 25.0 Å². The van der Waals surface area contributed by atoms with Crippen LogP contribution < -0.4 is 15.5 Å². The van der Waals surface area contributed by atoms with E-state index in [-0.39, 0.29) is 22.5 Å². The van der Waals surface area contributed by atoms with Crippen molar-refractivity contribution in [2.24, 2.45) is 5.73 Å². The summed E-state index contributed by atoms with van der Waals surface area (Å²) in [5.41, 5.74) is 6.83. The van der Waals surface area contributed by atoms with E-state index in [1.807, 2.05) is 0 Å². The summed E-state index contributed by atoms with van der Waals surface area (Å²) in [6, 6.07) is 15.8. The Labute approximate surface area is 240 Å². The average molecular weight is 571 g/mol. The molecule has 0 radical (unpaired) electrons. The number of hydrogen-bond donors (Lipinski definition) is 3. The lowest BCUT2D eigenvalue weighted by atomic mass is 9.91. The fourth-order valence-corrected chi connectivity index (χ4v) is 5.24. The topological polar surface area (TPSA) is 120 Å². The minimum Gasteiger partial charge on any atom is -0.386 e. The third kappa shape index (κ3) is 4.65. The first-order chi connectivity index (χ1) is 19.8. The summed E-state index contributed by atoms with van der Waals surface area (Å²) in [4.78, 5) is 42.9. The summed E-state index contributed by atoms with van der Waals surface area (Å²) in [5, 5.41) is 11.5. The number of anilines is 2. The van der Waals surface area contributed by atoms with E-state index in [2.05, 4.69) is 4.98 Å². The smallest absolute Gasteiger partial charge is 0.335 e. The van der Waals surface area contributed by atoms with Crippen molar-refractivity contribution in [1.29, 1.82) is 0 Å². The number of aromatic amines is 1. The number of primary amides is 1. The van der Waals surface area contributed by atoms with Gasteiger partial charge in [-0.25, -0.2) is 18.5 Å². The van der Waals surface area contributed by atoms with E-state index in [0.29, 0.717) is 44.9 Å². The molecule has 4 aromatic carbocycles. The monoisotopic (exact) mass is 570 g/mol. The second-order valence-corrected chi connectivity index (χ2v) is 10.6. The van der Waals surface area contributed by atoms with Gasteiger partial charge in [-0.3, -0.25) is 14.5 Å². The van der Waals surface area contributed by atoms with Crippen LogP contribution in [-0.4, -0.2) is 35.5 Å². The van der Waals surface area contributed by atoms with Gasteiger partial charge in [0.1, 0.15) is 11.6 Å². The van der Waals surface area contributed by atoms with Gasteiger partial charge in [0.05, 0.1) is 28.1 Å². The van der Waals surface area contributed by atoms with Crippen LogP contribution in [0.3, 0.4) is 0 Å². The molecule has 0 aliphatic heterocycles. The number of rotatable bonds is 6. The number of amides is 4. The van der Waals surface area contributed by atoms with Gasteiger partial charge in [-0.1, -0.05) is 36.4 Å². The molecule has 8 nitrogen and oxygen atoms in total. The van der Waals surface area contributed by atoms with Crippen LogP contribution in [0, 0.1) is 18.6 Å². The van der Waals surface area contributed by atoms with Crippen LogP contribution >= 0.6 is 0 Å². The Hall–Kier alpha value is -5.09. The zero-order chi connectivity index (χ0) is 30.5. The van der Waals surface area contributed by atoms with Gasteiger partial charge >= 0.3 is 6.03 Å². The van der Waals surface area contributed by atoms with Crippen LogP contribution in [-0.2, 0) is 10.4 Å². The summed E-state index contributed by atoms with van der Waals surface area (Å²) >= 11 is 0. The van der Waals surface area contributed by atoms with Crippen molar-refractivity contribution < 1.29 is 28.3 Å². The predicted octanol–water partition coefficient (Wildman–Crippen LogP) is 6.12. The largest absolute Gasteiger partial charge is 0.386 e. The number of benzene rings is 4. The molecule has 0 saturated heterocycles. The van der Waals surface area contributed by atoms with Gasteiger partial charge in [0, 0.05) is 28.9 Å². The number of imide groups is 1. The van der Waals surface area contributed by atoms with E-state index in [1.165, 1.54) is 31.3 Å². The lowest BCUT2D eigenvalue weighted by Crippen LogP contribution is -2.41. The van der Waals surface area contributed by atoms with Gasteiger partial charge in [-0.05, 0) is 67.8 Å². The Morgan fingerprint density at radius 3 is 2.31 bits per heavy atom. The number of fused-ring (bicyclic) bond motifs is 3. The second-order valence-electron chi connectivity index (χ2n) is 10.6. The Morgan fingerprint density at radius 2 is 1.67 bits per heavy atom. The number of carbonyl (C=O) groups is 3. The third-order valence-electron chi connectivity index (χ3n) is 7.45. The number of hydrogen-bond acceptors (Lipinski definition) is 4. The van der Waals surface area contributed by atoms with Gasteiger partial charge in [0.25, 0.3) is 5.91 Å². The Kier molecular flexibility index (Phi) is 7.03. The summed E-state index contributed by atoms with van der Waals surface area (Å²) in [5.74, 6) is -2.22. The number of carbonyl (C=O) groups excluding carboxylic acids is 3. The van der Waals surface area contributed by atoms with E-state index in [9.17, 15) is 23.9 Å². The number of aromatic nitrogens is 1. The maximum absolute atomic E-state index is 16.0. The van der Waals surface area contributed by atoms with Crippen molar-refractivity contribution in [3.63, 3.8) is 0 Å². The lowest BCUT2D eigenvalue weighted by Gasteiger charge is -2.26. The molecule has 1 heterocycles. The van der Waals surface area contributed by atoms with Gasteiger partial charge < -0.3 is 15.8 Å². The highest BCUT2D eigenvalue weighted by Crippen LogP contribution is 2.42. The zero-order valence-electron chi connectivity index (χ0n) is 23.3. The van der Waals surface area contributed by atoms with Crippen LogP contribution in [0.25, 0.3) is 32.9 Å². The van der Waals surface area contributed by atoms with E-state index < -0.39 is 29.2 Å². The number of halogens is 2. The number of nitrogens with zero attached hydrogens (tertiary/aromatic N) is 2. The molecule has 0 fully saturated rings. The minimum atomic E-state index is -1.16. The first-order valence-electron chi connectivity index (χ1n) is 13.0. The van der Waals surface area contributed by atoms with Gasteiger partial charge in [0.2, 0.25) is 6.41 Å². The molecule has 4 amide bonds. The molecule has 214 valence electrons. The molecule has 0 aliphatic rings. The molecule has 1 aromatic heterocycles. The quantitative estimate of drug-likeness (QED) is 0.213. The predicted molar refractivity (Wildman–Crippen MR) is 158 cm³/mol. The molecule has 4 N–H and O–H groups in total. The summed E-state index contributed by atoms with van der Waals surface area (Å²) in [6.45, 7) is 4.90. The SMILES string of the molecule is Cc1c(-c2c(F)cc(C(N)=O)c3[nH]c4cc(C(C)(C)O)ccc4c23)cccc1N(C=O)C(=O)N(C)c1ccccc1F. The molecular weight excluding hydrogens is 542 g/mol. The van der Waals surface area contributed by atoms with E-state index in [0.717, 1.165) is 15.9 Å². The second kappa shape index (κ2) is 10.4. The highest BCUT2D eigenvalue weighted by molar-refractivity contribution is 6.21. The van der Waals surface area contributed by atoms with Crippen molar-refractivity contribution in [1.82, 2.24) is 4.98 Å². The molecule has 42 heavy (non-hydrogen) atoms. The van der Waals surface area contributed by atoms with E-state index >= 15 is 4.39 Å². The maximum atomic E-state index is 16.0. The first-order valence-corrected chi connectivity index (χ1v) is 13.0.